The highest BCUT2D eigenvalue weighted by atomic mass is 16.3. The first-order valence-electron chi connectivity index (χ1n) is 6.56. The van der Waals surface area contributed by atoms with Crippen molar-refractivity contribution in [2.45, 2.75) is 51.2 Å². The minimum absolute atomic E-state index is 0.0460. The minimum Gasteiger partial charge on any atom is -0.393 e. The lowest BCUT2D eigenvalue weighted by Gasteiger charge is -2.35. The van der Waals surface area contributed by atoms with Crippen LogP contribution >= 0.6 is 0 Å². The lowest BCUT2D eigenvalue weighted by Crippen LogP contribution is -2.30. The average molecular weight is 235 g/mol. The third-order valence-corrected chi connectivity index (χ3v) is 3.79. The van der Waals surface area contributed by atoms with Gasteiger partial charge in [-0.2, -0.15) is 0 Å². The number of nitrogens with zero attached hydrogens (tertiary/aromatic N) is 1. The van der Waals surface area contributed by atoms with Gasteiger partial charge >= 0.3 is 0 Å². The van der Waals surface area contributed by atoms with E-state index in [9.17, 15) is 9.90 Å². The van der Waals surface area contributed by atoms with E-state index in [0.29, 0.717) is 12.0 Å². The molecule has 0 amide bonds. The smallest absolute Gasteiger partial charge is 0.181 e. The van der Waals surface area contributed by atoms with Crippen molar-refractivity contribution in [3.05, 3.63) is 34.7 Å². The van der Waals surface area contributed by atoms with Crippen molar-refractivity contribution in [2.75, 3.05) is 0 Å². The third-order valence-electron chi connectivity index (χ3n) is 3.79. The van der Waals surface area contributed by atoms with E-state index in [1.54, 1.807) is 12.1 Å². The molecule has 3 heteroatoms. The first-order valence-corrected chi connectivity index (χ1v) is 6.56. The molecule has 1 aromatic rings. The van der Waals surface area contributed by atoms with Crippen molar-refractivity contribution < 1.29 is 5.11 Å². The second kappa shape index (κ2) is 5.50. The van der Waals surface area contributed by atoms with E-state index in [1.807, 2.05) is 12.4 Å². The highest BCUT2D eigenvalue weighted by molar-refractivity contribution is 4.97. The number of pyridine rings is 1. The largest absolute Gasteiger partial charge is 0.393 e. The van der Waals surface area contributed by atoms with Gasteiger partial charge < -0.3 is 9.67 Å². The lowest BCUT2D eigenvalue weighted by molar-refractivity contribution is 0.0692. The Balaban J connectivity index is 2.19. The summed E-state index contributed by atoms with van der Waals surface area (Å²) in [4.78, 5) is 11.1. The van der Waals surface area contributed by atoms with Crippen LogP contribution in [0.15, 0.2) is 29.3 Å². The van der Waals surface area contributed by atoms with Crippen molar-refractivity contribution in [2.24, 2.45) is 5.92 Å². The number of hydrogen-bond donors (Lipinski definition) is 1. The molecule has 1 aliphatic rings. The molecule has 3 unspecified atom stereocenters. The molecule has 1 N–H and O–H groups in total. The van der Waals surface area contributed by atoms with Crippen molar-refractivity contribution in [3.63, 3.8) is 0 Å². The van der Waals surface area contributed by atoms with Gasteiger partial charge in [0.15, 0.2) is 5.43 Å². The molecule has 1 heterocycles. The molecule has 0 spiro atoms. The Morgan fingerprint density at radius 1 is 1.35 bits per heavy atom. The maximum atomic E-state index is 11.1. The SMILES string of the molecule is CCCC1CCC(O)CC1n1ccc(=O)cc1. The van der Waals surface area contributed by atoms with Crippen LogP contribution < -0.4 is 5.43 Å². The molecular formula is C14H21NO2. The topological polar surface area (TPSA) is 42.2 Å². The molecule has 1 fully saturated rings. The Morgan fingerprint density at radius 3 is 2.71 bits per heavy atom. The first-order chi connectivity index (χ1) is 8.20. The van der Waals surface area contributed by atoms with Crippen LogP contribution in [0.3, 0.4) is 0 Å². The summed E-state index contributed by atoms with van der Waals surface area (Å²) in [7, 11) is 0. The Hall–Kier alpha value is -1.09. The second-order valence-electron chi connectivity index (χ2n) is 5.06. The fourth-order valence-electron chi connectivity index (χ4n) is 2.91. The molecule has 0 aromatic carbocycles. The van der Waals surface area contributed by atoms with Gasteiger partial charge in [0.2, 0.25) is 0 Å². The summed E-state index contributed by atoms with van der Waals surface area (Å²) in [5.74, 6) is 0.630. The van der Waals surface area contributed by atoms with E-state index in [2.05, 4.69) is 11.5 Å². The summed E-state index contributed by atoms with van der Waals surface area (Å²) in [5.41, 5.74) is 0.0460. The zero-order valence-electron chi connectivity index (χ0n) is 10.4. The lowest BCUT2D eigenvalue weighted by atomic mass is 9.80. The van der Waals surface area contributed by atoms with E-state index in [4.69, 9.17) is 0 Å². The molecule has 3 atom stereocenters. The Kier molecular flexibility index (Phi) is 4.00. The number of aliphatic hydroxyl groups is 1. The van der Waals surface area contributed by atoms with Gasteiger partial charge in [-0.25, -0.2) is 0 Å². The average Bonchev–Trinajstić information content (AvgIpc) is 2.33. The summed E-state index contributed by atoms with van der Waals surface area (Å²) < 4.78 is 2.10. The van der Waals surface area contributed by atoms with Gasteiger partial charge in [0.1, 0.15) is 0 Å². The monoisotopic (exact) mass is 235 g/mol. The van der Waals surface area contributed by atoms with E-state index in [1.165, 1.54) is 12.8 Å². The van der Waals surface area contributed by atoms with Gasteiger partial charge in [0.25, 0.3) is 0 Å². The highest BCUT2D eigenvalue weighted by Gasteiger charge is 2.29. The summed E-state index contributed by atoms with van der Waals surface area (Å²) in [6, 6.07) is 3.55. The molecule has 1 aromatic heterocycles. The summed E-state index contributed by atoms with van der Waals surface area (Å²) in [6.07, 6.45) is 8.72. The van der Waals surface area contributed by atoms with Crippen molar-refractivity contribution >= 4 is 0 Å². The summed E-state index contributed by atoms with van der Waals surface area (Å²) in [6.45, 7) is 2.20. The normalized spacial score (nSPS) is 29.2. The van der Waals surface area contributed by atoms with Gasteiger partial charge in [0, 0.05) is 30.6 Å². The molecule has 0 bridgehead atoms. The Morgan fingerprint density at radius 2 is 2.06 bits per heavy atom. The fraction of sp³-hybridized carbons (Fsp3) is 0.643. The molecule has 1 aliphatic carbocycles. The quantitative estimate of drug-likeness (QED) is 0.873. The van der Waals surface area contributed by atoms with Crippen LogP contribution in [-0.4, -0.2) is 15.8 Å². The van der Waals surface area contributed by atoms with Crippen LogP contribution in [0, 0.1) is 5.92 Å². The molecule has 17 heavy (non-hydrogen) atoms. The highest BCUT2D eigenvalue weighted by Crippen LogP contribution is 2.36. The molecular weight excluding hydrogens is 214 g/mol. The predicted molar refractivity (Wildman–Crippen MR) is 68.0 cm³/mol. The van der Waals surface area contributed by atoms with Crippen LogP contribution in [0.5, 0.6) is 0 Å². The summed E-state index contributed by atoms with van der Waals surface area (Å²) >= 11 is 0. The zero-order valence-corrected chi connectivity index (χ0v) is 10.4. The number of aliphatic hydroxyl groups excluding tert-OH is 1. The van der Waals surface area contributed by atoms with E-state index >= 15 is 0 Å². The second-order valence-corrected chi connectivity index (χ2v) is 5.06. The van der Waals surface area contributed by atoms with E-state index in [0.717, 1.165) is 19.3 Å². The zero-order chi connectivity index (χ0) is 12.3. The predicted octanol–water partition coefficient (Wildman–Crippen LogP) is 2.35. The molecule has 3 nitrogen and oxygen atoms in total. The standard InChI is InChI=1S/C14H21NO2/c1-2-3-11-4-5-13(17)10-14(11)15-8-6-12(16)7-9-15/h6-9,11,13-14,17H,2-5,10H2,1H3. The van der Waals surface area contributed by atoms with Gasteiger partial charge in [0.05, 0.1) is 6.10 Å². The van der Waals surface area contributed by atoms with Crippen molar-refractivity contribution in [1.29, 1.82) is 0 Å². The molecule has 2 rings (SSSR count). The van der Waals surface area contributed by atoms with Crippen LogP contribution in [0.25, 0.3) is 0 Å². The van der Waals surface area contributed by atoms with Crippen LogP contribution in [0.1, 0.15) is 45.1 Å². The maximum Gasteiger partial charge on any atom is 0.181 e. The van der Waals surface area contributed by atoms with Gasteiger partial charge in [-0.15, -0.1) is 0 Å². The Labute approximate surface area is 102 Å². The van der Waals surface area contributed by atoms with E-state index in [-0.39, 0.29) is 11.5 Å². The van der Waals surface area contributed by atoms with Gasteiger partial charge in [-0.05, 0) is 31.6 Å². The molecule has 0 radical (unpaired) electrons. The molecule has 0 aliphatic heterocycles. The molecule has 0 saturated heterocycles. The minimum atomic E-state index is -0.187. The fourth-order valence-corrected chi connectivity index (χ4v) is 2.91. The van der Waals surface area contributed by atoms with Crippen LogP contribution in [-0.2, 0) is 0 Å². The number of aromatic nitrogens is 1. The number of hydrogen-bond acceptors (Lipinski definition) is 2. The Bertz CT molecular complexity index is 392. The molecule has 94 valence electrons. The first kappa shape index (κ1) is 12.4. The maximum absolute atomic E-state index is 11.1. The van der Waals surface area contributed by atoms with Gasteiger partial charge in [-0.3, -0.25) is 4.79 Å². The van der Waals surface area contributed by atoms with Crippen LogP contribution in [0.2, 0.25) is 0 Å². The summed E-state index contributed by atoms with van der Waals surface area (Å²) in [5, 5.41) is 9.81. The van der Waals surface area contributed by atoms with Crippen molar-refractivity contribution in [1.82, 2.24) is 4.57 Å². The van der Waals surface area contributed by atoms with Crippen molar-refractivity contribution in [3.8, 4) is 0 Å². The van der Waals surface area contributed by atoms with Gasteiger partial charge in [-0.1, -0.05) is 13.3 Å². The van der Waals surface area contributed by atoms with Crippen LogP contribution in [0.4, 0.5) is 0 Å². The molecule has 1 saturated carbocycles. The van der Waals surface area contributed by atoms with E-state index < -0.39 is 0 Å². The number of rotatable bonds is 3. The third kappa shape index (κ3) is 2.97.